The number of hydrogen-bond acceptors (Lipinski definition) is 8. The van der Waals surface area contributed by atoms with Crippen LogP contribution in [-0.2, 0) is 21.6 Å². The van der Waals surface area contributed by atoms with E-state index in [9.17, 15) is 14.7 Å². The molecule has 0 spiro atoms. The lowest BCUT2D eigenvalue weighted by atomic mass is 9.62. The molecular formula is C20H21NO7. The van der Waals surface area contributed by atoms with E-state index in [2.05, 4.69) is 5.16 Å². The first kappa shape index (κ1) is 18.5. The van der Waals surface area contributed by atoms with Gasteiger partial charge >= 0.3 is 5.97 Å². The quantitative estimate of drug-likeness (QED) is 0.795. The van der Waals surface area contributed by atoms with Crippen LogP contribution in [-0.4, -0.2) is 42.8 Å². The number of ketones is 1. The zero-order valence-corrected chi connectivity index (χ0v) is 16.1. The van der Waals surface area contributed by atoms with Gasteiger partial charge in [-0.3, -0.25) is 9.59 Å². The number of hydrogen-bond donors (Lipinski definition) is 1. The van der Waals surface area contributed by atoms with Gasteiger partial charge in [0.15, 0.2) is 5.60 Å². The van der Waals surface area contributed by atoms with E-state index in [1.165, 1.54) is 20.3 Å². The Morgan fingerprint density at radius 3 is 2.75 bits per heavy atom. The molecule has 0 saturated heterocycles. The molecule has 148 valence electrons. The molecule has 1 aromatic heterocycles. The fourth-order valence-corrected chi connectivity index (χ4v) is 4.39. The van der Waals surface area contributed by atoms with E-state index in [0.717, 1.165) is 0 Å². The van der Waals surface area contributed by atoms with Crippen LogP contribution in [0.1, 0.15) is 35.5 Å². The SMILES string of the molecule is CCOC(=O)[C@@H]1[C@@H](C)Cc2onc3c2[C@@]1(O)C(=O)c1cc(OC)cc(OC)c1-3. The third-order valence-electron chi connectivity index (χ3n) is 5.57. The summed E-state index contributed by atoms with van der Waals surface area (Å²) >= 11 is 0. The number of aromatic nitrogens is 1. The Kier molecular flexibility index (Phi) is 4.19. The molecular weight excluding hydrogens is 366 g/mol. The van der Waals surface area contributed by atoms with Crippen LogP contribution >= 0.6 is 0 Å². The molecule has 0 fully saturated rings. The fourth-order valence-electron chi connectivity index (χ4n) is 4.39. The van der Waals surface area contributed by atoms with Crippen molar-refractivity contribution in [3.8, 4) is 22.8 Å². The number of ether oxygens (including phenoxy) is 3. The molecule has 0 saturated carbocycles. The molecule has 8 nitrogen and oxygen atoms in total. The molecule has 1 N–H and O–H groups in total. The minimum atomic E-state index is -2.13. The maximum atomic E-state index is 13.6. The second kappa shape index (κ2) is 6.34. The first-order valence-corrected chi connectivity index (χ1v) is 9.07. The third-order valence-corrected chi connectivity index (χ3v) is 5.57. The van der Waals surface area contributed by atoms with Crippen LogP contribution in [0.2, 0.25) is 0 Å². The Morgan fingerprint density at radius 2 is 2.11 bits per heavy atom. The molecule has 2 aromatic rings. The first-order valence-electron chi connectivity index (χ1n) is 9.07. The number of carbonyl (C=O) groups excluding carboxylic acids is 2. The van der Waals surface area contributed by atoms with Gasteiger partial charge in [0.2, 0.25) is 5.78 Å². The topological polar surface area (TPSA) is 108 Å². The van der Waals surface area contributed by atoms with Crippen molar-refractivity contribution in [2.75, 3.05) is 20.8 Å². The van der Waals surface area contributed by atoms with Crippen LogP contribution in [0, 0.1) is 11.8 Å². The number of Topliss-reactive ketones (excluding diaryl/α,β-unsaturated/α-hetero) is 1. The van der Waals surface area contributed by atoms with Gasteiger partial charge in [0.05, 0.1) is 32.0 Å². The summed E-state index contributed by atoms with van der Waals surface area (Å²) in [6.07, 6.45) is 0.356. The molecule has 0 radical (unpaired) electrons. The van der Waals surface area contributed by atoms with E-state index in [4.69, 9.17) is 18.7 Å². The number of aliphatic hydroxyl groups is 1. The molecule has 0 aliphatic heterocycles. The number of methoxy groups -OCH3 is 2. The highest BCUT2D eigenvalue weighted by molar-refractivity contribution is 6.14. The third kappa shape index (κ3) is 2.24. The van der Waals surface area contributed by atoms with Crippen molar-refractivity contribution in [2.24, 2.45) is 11.8 Å². The molecule has 8 heteroatoms. The molecule has 1 heterocycles. The van der Waals surface area contributed by atoms with Gasteiger partial charge in [0.25, 0.3) is 0 Å². The Bertz CT molecular complexity index is 979. The molecule has 1 aromatic carbocycles. The van der Waals surface area contributed by atoms with E-state index in [0.29, 0.717) is 34.9 Å². The molecule has 4 rings (SSSR count). The normalized spacial score (nSPS) is 25.0. The minimum Gasteiger partial charge on any atom is -0.497 e. The molecule has 0 amide bonds. The zero-order valence-electron chi connectivity index (χ0n) is 16.1. The highest BCUT2D eigenvalue weighted by Gasteiger charge is 2.61. The predicted molar refractivity (Wildman–Crippen MR) is 96.3 cm³/mol. The summed E-state index contributed by atoms with van der Waals surface area (Å²) < 4.78 is 21.4. The highest BCUT2D eigenvalue weighted by Crippen LogP contribution is 2.55. The van der Waals surface area contributed by atoms with Gasteiger partial charge in [-0.25, -0.2) is 0 Å². The Morgan fingerprint density at radius 1 is 1.36 bits per heavy atom. The Hall–Kier alpha value is -2.87. The van der Waals surface area contributed by atoms with Crippen molar-refractivity contribution < 1.29 is 33.4 Å². The summed E-state index contributed by atoms with van der Waals surface area (Å²) in [5.41, 5.74) is -1.02. The van der Waals surface area contributed by atoms with Crippen LogP contribution in [0.4, 0.5) is 0 Å². The van der Waals surface area contributed by atoms with Crippen LogP contribution in [0.3, 0.4) is 0 Å². The van der Waals surface area contributed by atoms with Crippen molar-refractivity contribution in [2.45, 2.75) is 25.9 Å². The summed E-state index contributed by atoms with van der Waals surface area (Å²) in [7, 11) is 2.93. The van der Waals surface area contributed by atoms with Gasteiger partial charge in [-0.2, -0.15) is 0 Å². The monoisotopic (exact) mass is 387 g/mol. The lowest BCUT2D eigenvalue weighted by molar-refractivity contribution is -0.161. The van der Waals surface area contributed by atoms with E-state index >= 15 is 0 Å². The van der Waals surface area contributed by atoms with Crippen LogP contribution < -0.4 is 9.47 Å². The van der Waals surface area contributed by atoms with Gasteiger partial charge in [-0.15, -0.1) is 0 Å². The smallest absolute Gasteiger partial charge is 0.313 e. The lowest BCUT2D eigenvalue weighted by Gasteiger charge is -2.42. The molecule has 28 heavy (non-hydrogen) atoms. The molecule has 3 atom stereocenters. The average Bonchev–Trinajstić information content (AvgIpc) is 3.09. The van der Waals surface area contributed by atoms with Crippen LogP contribution in [0.15, 0.2) is 16.7 Å². The van der Waals surface area contributed by atoms with Crippen molar-refractivity contribution >= 4 is 11.8 Å². The van der Waals surface area contributed by atoms with Crippen molar-refractivity contribution in [3.05, 3.63) is 29.0 Å². The average molecular weight is 387 g/mol. The standard InChI is InChI=1S/C20H21NO7/c1-5-27-19(23)15-9(2)6-13-16-17(21-28-13)14-11(18(22)20(15,16)24)7-10(25-3)8-12(14)26-4/h7-9,15,24H,5-6H2,1-4H3/t9-,15-,20+/m0/s1. The summed E-state index contributed by atoms with van der Waals surface area (Å²) in [5.74, 6) is -1.56. The number of nitrogens with zero attached hydrogens (tertiary/aromatic N) is 1. The maximum Gasteiger partial charge on any atom is 0.313 e. The van der Waals surface area contributed by atoms with Gasteiger partial charge in [-0.1, -0.05) is 12.1 Å². The summed E-state index contributed by atoms with van der Waals surface area (Å²) in [6.45, 7) is 3.60. The first-order chi connectivity index (χ1) is 13.4. The minimum absolute atomic E-state index is 0.147. The Balaban J connectivity index is 2.02. The maximum absolute atomic E-state index is 13.6. The summed E-state index contributed by atoms with van der Waals surface area (Å²) in [6, 6.07) is 3.14. The van der Waals surface area contributed by atoms with Gasteiger partial charge in [0, 0.05) is 18.1 Å². The number of carbonyl (C=O) groups is 2. The fraction of sp³-hybridized carbons (Fsp3) is 0.450. The second-order valence-electron chi connectivity index (χ2n) is 7.09. The van der Waals surface area contributed by atoms with E-state index in [-0.39, 0.29) is 23.7 Å². The van der Waals surface area contributed by atoms with Crippen LogP contribution in [0.5, 0.6) is 11.5 Å². The van der Waals surface area contributed by atoms with Crippen molar-refractivity contribution in [1.29, 1.82) is 0 Å². The number of esters is 1. The largest absolute Gasteiger partial charge is 0.497 e. The summed E-state index contributed by atoms with van der Waals surface area (Å²) in [5, 5.41) is 15.8. The predicted octanol–water partition coefficient (Wildman–Crippen LogP) is 2.11. The number of rotatable bonds is 4. The summed E-state index contributed by atoms with van der Waals surface area (Å²) in [4.78, 5) is 26.3. The molecule has 0 bridgehead atoms. The highest BCUT2D eigenvalue weighted by atomic mass is 16.5. The number of fused-ring (bicyclic) bond motifs is 2. The Labute approximate surface area is 161 Å². The van der Waals surface area contributed by atoms with Crippen molar-refractivity contribution in [1.82, 2.24) is 5.16 Å². The van der Waals surface area contributed by atoms with Gasteiger partial charge in [-0.05, 0) is 18.9 Å². The van der Waals surface area contributed by atoms with Crippen LogP contribution in [0.25, 0.3) is 11.3 Å². The van der Waals surface area contributed by atoms with Gasteiger partial charge < -0.3 is 23.8 Å². The lowest BCUT2D eigenvalue weighted by Crippen LogP contribution is -2.54. The molecule has 2 aliphatic rings. The zero-order chi connectivity index (χ0) is 20.2. The molecule has 0 unspecified atom stereocenters. The van der Waals surface area contributed by atoms with Crippen molar-refractivity contribution in [3.63, 3.8) is 0 Å². The van der Waals surface area contributed by atoms with E-state index < -0.39 is 23.3 Å². The molecule has 2 aliphatic carbocycles. The van der Waals surface area contributed by atoms with Gasteiger partial charge in [0.1, 0.15) is 28.9 Å². The van der Waals surface area contributed by atoms with E-state index in [1.54, 1.807) is 19.9 Å². The second-order valence-corrected chi connectivity index (χ2v) is 7.09. The van der Waals surface area contributed by atoms with E-state index in [1.807, 2.05) is 0 Å². The number of benzene rings is 1.